The lowest BCUT2D eigenvalue weighted by atomic mass is 10.1. The molecule has 0 radical (unpaired) electrons. The first kappa shape index (κ1) is 20.3. The molecule has 2 aromatic carbocycles. The maximum atomic E-state index is 14.0. The fourth-order valence-electron chi connectivity index (χ4n) is 2.31. The summed E-state index contributed by atoms with van der Waals surface area (Å²) in [5.41, 5.74) is 1.28. The molecule has 0 spiro atoms. The summed E-state index contributed by atoms with van der Waals surface area (Å²) in [5, 5.41) is 11.5. The zero-order chi connectivity index (χ0) is 20.0. The summed E-state index contributed by atoms with van der Waals surface area (Å²) in [6.07, 6.45) is 1.32. The van der Waals surface area contributed by atoms with E-state index >= 15 is 0 Å². The molecule has 1 amide bonds. The Morgan fingerprint density at radius 2 is 1.96 bits per heavy atom. The molecule has 1 unspecified atom stereocenters. The second-order valence-electron chi connectivity index (χ2n) is 5.71. The number of rotatable bonds is 7. The van der Waals surface area contributed by atoms with Gasteiger partial charge >= 0.3 is 0 Å². The second-order valence-corrected chi connectivity index (χ2v) is 7.45. The molecular formula is C19H18FN3O3S. The van der Waals surface area contributed by atoms with Crippen LogP contribution in [0.5, 0.6) is 0 Å². The molecule has 0 bridgehead atoms. The van der Waals surface area contributed by atoms with E-state index < -0.39 is 32.7 Å². The number of sulfonamides is 1. The number of nitrogens with one attached hydrogen (secondary N) is 2. The Hall–Kier alpha value is -3.02. The zero-order valence-corrected chi connectivity index (χ0v) is 15.4. The summed E-state index contributed by atoms with van der Waals surface area (Å²) in [4.78, 5) is 11.8. The number of carbonyl (C=O) groups is 1. The third-order valence-electron chi connectivity index (χ3n) is 3.79. The molecule has 140 valence electrons. The minimum atomic E-state index is -4.10. The second kappa shape index (κ2) is 8.58. The molecule has 0 saturated carbocycles. The first-order valence-corrected chi connectivity index (χ1v) is 9.48. The predicted molar refractivity (Wildman–Crippen MR) is 98.8 cm³/mol. The molecule has 0 saturated heterocycles. The number of benzene rings is 2. The largest absolute Gasteiger partial charge is 0.346 e. The van der Waals surface area contributed by atoms with Crippen molar-refractivity contribution in [2.45, 2.75) is 17.9 Å². The van der Waals surface area contributed by atoms with Gasteiger partial charge in [-0.1, -0.05) is 18.2 Å². The number of nitriles is 1. The van der Waals surface area contributed by atoms with Gasteiger partial charge in [0.1, 0.15) is 10.7 Å². The van der Waals surface area contributed by atoms with Crippen LogP contribution in [0.15, 0.2) is 60.0 Å². The quantitative estimate of drug-likeness (QED) is 0.714. The van der Waals surface area contributed by atoms with Crippen LogP contribution >= 0.6 is 0 Å². The lowest BCUT2D eigenvalue weighted by Gasteiger charge is -2.15. The summed E-state index contributed by atoms with van der Waals surface area (Å²) < 4.78 is 40.4. The summed E-state index contributed by atoms with van der Waals surface area (Å²) >= 11 is 0. The number of nitrogens with zero attached hydrogens (tertiary/aromatic N) is 1. The summed E-state index contributed by atoms with van der Waals surface area (Å²) in [6, 6.07) is 11.4. The zero-order valence-electron chi connectivity index (χ0n) is 14.6. The van der Waals surface area contributed by atoms with Crippen molar-refractivity contribution in [1.29, 1.82) is 5.26 Å². The van der Waals surface area contributed by atoms with Gasteiger partial charge in [-0.05, 0) is 42.8 Å². The molecule has 27 heavy (non-hydrogen) atoms. The van der Waals surface area contributed by atoms with Crippen molar-refractivity contribution in [2.24, 2.45) is 0 Å². The molecular weight excluding hydrogens is 369 g/mol. The van der Waals surface area contributed by atoms with E-state index in [2.05, 4.69) is 16.6 Å². The van der Waals surface area contributed by atoms with Crippen LogP contribution in [0, 0.1) is 17.1 Å². The van der Waals surface area contributed by atoms with Gasteiger partial charge in [-0.2, -0.15) is 5.26 Å². The van der Waals surface area contributed by atoms with Gasteiger partial charge in [0.25, 0.3) is 5.91 Å². The van der Waals surface area contributed by atoms with Crippen LogP contribution in [0.1, 0.15) is 34.5 Å². The maximum absolute atomic E-state index is 14.0. The number of hydrogen-bond acceptors (Lipinski definition) is 4. The smallest absolute Gasteiger partial charge is 0.251 e. The topological polar surface area (TPSA) is 99.1 Å². The Kier molecular flexibility index (Phi) is 6.45. The Labute approximate surface area is 157 Å². The average molecular weight is 387 g/mol. The first-order chi connectivity index (χ1) is 12.8. The first-order valence-electron chi connectivity index (χ1n) is 7.99. The molecule has 2 aromatic rings. The van der Waals surface area contributed by atoms with E-state index in [-0.39, 0.29) is 12.1 Å². The molecule has 2 rings (SSSR count). The highest BCUT2D eigenvalue weighted by molar-refractivity contribution is 7.89. The van der Waals surface area contributed by atoms with Crippen molar-refractivity contribution in [2.75, 3.05) is 6.54 Å². The maximum Gasteiger partial charge on any atom is 0.251 e. The van der Waals surface area contributed by atoms with Crippen LogP contribution < -0.4 is 10.0 Å². The van der Waals surface area contributed by atoms with Crippen LogP contribution in [-0.2, 0) is 10.0 Å². The summed E-state index contributed by atoms with van der Waals surface area (Å²) in [5.74, 6) is -1.50. The molecule has 2 N–H and O–H groups in total. The van der Waals surface area contributed by atoms with Crippen LogP contribution in [-0.4, -0.2) is 20.9 Å². The fourth-order valence-corrected chi connectivity index (χ4v) is 3.41. The highest BCUT2D eigenvalue weighted by atomic mass is 32.2. The monoisotopic (exact) mass is 387 g/mol. The minimum Gasteiger partial charge on any atom is -0.346 e. The Bertz CT molecular complexity index is 996. The third-order valence-corrected chi connectivity index (χ3v) is 5.23. The molecule has 0 aromatic heterocycles. The Balaban J connectivity index is 2.22. The number of amides is 1. The summed E-state index contributed by atoms with van der Waals surface area (Å²) in [7, 11) is -4.10. The highest BCUT2D eigenvalue weighted by Gasteiger charge is 2.21. The van der Waals surface area contributed by atoms with Gasteiger partial charge in [0, 0.05) is 12.1 Å². The number of hydrogen-bond donors (Lipinski definition) is 2. The van der Waals surface area contributed by atoms with E-state index in [4.69, 9.17) is 5.26 Å². The predicted octanol–water partition coefficient (Wildman–Crippen LogP) is 2.65. The SMILES string of the molecule is C=CCNS(=O)(=O)c1cc(C(=O)NC(C)c2ccc(C#N)cc2)ccc1F. The van der Waals surface area contributed by atoms with Gasteiger partial charge in [0.15, 0.2) is 0 Å². The molecule has 0 aliphatic carbocycles. The van der Waals surface area contributed by atoms with Gasteiger partial charge in [-0.3, -0.25) is 4.79 Å². The molecule has 0 aliphatic rings. The molecule has 0 aliphatic heterocycles. The molecule has 0 fully saturated rings. The van der Waals surface area contributed by atoms with Crippen molar-refractivity contribution in [3.63, 3.8) is 0 Å². The van der Waals surface area contributed by atoms with Gasteiger partial charge in [0.2, 0.25) is 10.0 Å². The van der Waals surface area contributed by atoms with Gasteiger partial charge < -0.3 is 5.32 Å². The number of carbonyl (C=O) groups excluding carboxylic acids is 1. The van der Waals surface area contributed by atoms with Crippen LogP contribution in [0.3, 0.4) is 0 Å². The van der Waals surface area contributed by atoms with Gasteiger partial charge in [-0.25, -0.2) is 17.5 Å². The van der Waals surface area contributed by atoms with Crippen molar-refractivity contribution in [3.8, 4) is 6.07 Å². The minimum absolute atomic E-state index is 0.0101. The molecule has 1 atom stereocenters. The molecule has 0 heterocycles. The van der Waals surface area contributed by atoms with E-state index in [1.807, 2.05) is 6.07 Å². The van der Waals surface area contributed by atoms with Gasteiger partial charge in [0.05, 0.1) is 17.7 Å². The van der Waals surface area contributed by atoms with Crippen molar-refractivity contribution < 1.29 is 17.6 Å². The van der Waals surface area contributed by atoms with Crippen LogP contribution in [0.4, 0.5) is 4.39 Å². The Morgan fingerprint density at radius 1 is 1.30 bits per heavy atom. The molecule has 6 nitrogen and oxygen atoms in total. The van der Waals surface area contributed by atoms with Crippen LogP contribution in [0.2, 0.25) is 0 Å². The average Bonchev–Trinajstić information content (AvgIpc) is 2.66. The van der Waals surface area contributed by atoms with Crippen molar-refractivity contribution in [1.82, 2.24) is 10.0 Å². The van der Waals surface area contributed by atoms with Crippen molar-refractivity contribution in [3.05, 3.63) is 77.6 Å². The number of halogens is 1. The van der Waals surface area contributed by atoms with Gasteiger partial charge in [-0.15, -0.1) is 6.58 Å². The molecule has 8 heteroatoms. The Morgan fingerprint density at radius 3 is 2.56 bits per heavy atom. The fraction of sp³-hybridized carbons (Fsp3) is 0.158. The van der Waals surface area contributed by atoms with Crippen molar-refractivity contribution >= 4 is 15.9 Å². The lowest BCUT2D eigenvalue weighted by Crippen LogP contribution is -2.28. The van der Waals surface area contributed by atoms with E-state index in [0.717, 1.165) is 17.7 Å². The van der Waals surface area contributed by atoms with Crippen LogP contribution in [0.25, 0.3) is 0 Å². The van der Waals surface area contributed by atoms with E-state index in [1.165, 1.54) is 12.1 Å². The third kappa shape index (κ3) is 5.00. The normalized spacial score (nSPS) is 12.0. The lowest BCUT2D eigenvalue weighted by molar-refractivity contribution is 0.0939. The summed E-state index contributed by atoms with van der Waals surface area (Å²) in [6.45, 7) is 5.08. The standard InChI is InChI=1S/C19H18FN3O3S/c1-3-10-22-27(25,26)18-11-16(8-9-17(18)20)19(24)23-13(2)15-6-4-14(12-21)5-7-15/h3-9,11,13,22H,1,10H2,2H3,(H,23,24). The van der Waals surface area contributed by atoms with E-state index in [9.17, 15) is 17.6 Å². The van der Waals surface area contributed by atoms with E-state index in [0.29, 0.717) is 5.56 Å². The van der Waals surface area contributed by atoms with E-state index in [1.54, 1.807) is 31.2 Å². The highest BCUT2D eigenvalue weighted by Crippen LogP contribution is 2.18.